The Morgan fingerprint density at radius 3 is 2.43 bits per heavy atom. The van der Waals surface area contributed by atoms with Crippen LogP contribution in [0.2, 0.25) is 0 Å². The molecule has 0 aliphatic carbocycles. The number of nitrogens with two attached hydrogens (primary N) is 1. The van der Waals surface area contributed by atoms with E-state index in [1.165, 1.54) is 0 Å². The highest BCUT2D eigenvalue weighted by atomic mass is 79.9. The van der Waals surface area contributed by atoms with Gasteiger partial charge >= 0.3 is 0 Å². The number of methoxy groups -OCH3 is 2. The van der Waals surface area contributed by atoms with Crippen LogP contribution in [-0.4, -0.2) is 19.2 Å². The van der Waals surface area contributed by atoms with Gasteiger partial charge in [0.25, 0.3) is 0 Å². The number of benzene rings is 1. The van der Waals surface area contributed by atoms with E-state index in [-0.39, 0.29) is 4.95 Å². The zero-order valence-corrected chi connectivity index (χ0v) is 9.87. The van der Waals surface area contributed by atoms with Gasteiger partial charge in [0, 0.05) is 0 Å². The van der Waals surface area contributed by atoms with E-state index in [0.29, 0.717) is 0 Å². The first-order valence-electron chi connectivity index (χ1n) is 4.28. The molecule has 0 amide bonds. The van der Waals surface area contributed by atoms with Gasteiger partial charge in [-0.25, -0.2) is 0 Å². The molecule has 0 radical (unpaired) electrons. The molecule has 1 aromatic rings. The lowest BCUT2D eigenvalue weighted by Crippen LogP contribution is -2.13. The van der Waals surface area contributed by atoms with E-state index in [0.717, 1.165) is 23.5 Å². The molecule has 0 spiro atoms. The van der Waals surface area contributed by atoms with E-state index in [4.69, 9.17) is 15.2 Å². The molecule has 0 aliphatic rings. The third-order valence-electron chi connectivity index (χ3n) is 1.88. The molecular weight excluding hydrogens is 246 g/mol. The minimum absolute atomic E-state index is 0.0272. The summed E-state index contributed by atoms with van der Waals surface area (Å²) in [6.07, 6.45) is 0.764. The summed E-state index contributed by atoms with van der Waals surface area (Å²) in [5, 5.41) is 0. The molecule has 1 unspecified atom stereocenters. The maximum Gasteiger partial charge on any atom is 0.160 e. The van der Waals surface area contributed by atoms with Crippen molar-refractivity contribution in [3.63, 3.8) is 0 Å². The van der Waals surface area contributed by atoms with Crippen molar-refractivity contribution in [2.45, 2.75) is 11.4 Å². The molecular formula is C10H14BrNO2. The zero-order valence-electron chi connectivity index (χ0n) is 8.29. The molecule has 78 valence electrons. The third-order valence-corrected chi connectivity index (χ3v) is 2.20. The first kappa shape index (κ1) is 11.3. The molecule has 1 aromatic carbocycles. The van der Waals surface area contributed by atoms with Gasteiger partial charge in [0.1, 0.15) is 0 Å². The average Bonchev–Trinajstić information content (AvgIpc) is 2.16. The molecule has 1 atom stereocenters. The Kier molecular flexibility index (Phi) is 4.22. The SMILES string of the molecule is COc1ccc(CC(N)Br)cc1OC. The first-order chi connectivity index (χ1) is 6.67. The number of rotatable bonds is 4. The normalized spacial score (nSPS) is 12.3. The van der Waals surface area contributed by atoms with Gasteiger partial charge < -0.3 is 15.2 Å². The van der Waals surface area contributed by atoms with E-state index in [9.17, 15) is 0 Å². The van der Waals surface area contributed by atoms with E-state index >= 15 is 0 Å². The van der Waals surface area contributed by atoms with Crippen LogP contribution < -0.4 is 15.2 Å². The van der Waals surface area contributed by atoms with Gasteiger partial charge in [0.15, 0.2) is 11.5 Å². The van der Waals surface area contributed by atoms with E-state index < -0.39 is 0 Å². The van der Waals surface area contributed by atoms with Crippen LogP contribution in [0, 0.1) is 0 Å². The highest BCUT2D eigenvalue weighted by Gasteiger charge is 2.05. The minimum atomic E-state index is -0.0272. The molecule has 0 bridgehead atoms. The highest BCUT2D eigenvalue weighted by Crippen LogP contribution is 2.28. The van der Waals surface area contributed by atoms with Gasteiger partial charge in [-0.2, -0.15) is 0 Å². The lowest BCUT2D eigenvalue weighted by atomic mass is 10.1. The van der Waals surface area contributed by atoms with E-state index in [2.05, 4.69) is 15.9 Å². The molecule has 14 heavy (non-hydrogen) atoms. The van der Waals surface area contributed by atoms with Crippen molar-refractivity contribution < 1.29 is 9.47 Å². The first-order valence-corrected chi connectivity index (χ1v) is 5.19. The number of hydrogen-bond acceptors (Lipinski definition) is 3. The fourth-order valence-corrected chi connectivity index (χ4v) is 1.61. The molecule has 0 aromatic heterocycles. The summed E-state index contributed by atoms with van der Waals surface area (Å²) in [4.78, 5) is -0.0272. The van der Waals surface area contributed by atoms with E-state index in [1.807, 2.05) is 18.2 Å². The van der Waals surface area contributed by atoms with Crippen LogP contribution in [0.1, 0.15) is 5.56 Å². The second kappa shape index (κ2) is 5.22. The Balaban J connectivity index is 2.89. The average molecular weight is 260 g/mol. The molecule has 0 heterocycles. The Hall–Kier alpha value is -0.740. The van der Waals surface area contributed by atoms with Gasteiger partial charge in [-0.05, 0) is 24.1 Å². The summed E-state index contributed by atoms with van der Waals surface area (Å²) in [5.74, 6) is 1.47. The maximum absolute atomic E-state index is 5.63. The smallest absolute Gasteiger partial charge is 0.160 e. The Morgan fingerprint density at radius 1 is 1.29 bits per heavy atom. The van der Waals surface area contributed by atoms with Crippen molar-refractivity contribution in [2.75, 3.05) is 14.2 Å². The van der Waals surface area contributed by atoms with Crippen molar-refractivity contribution in [2.24, 2.45) is 5.73 Å². The fraction of sp³-hybridized carbons (Fsp3) is 0.400. The number of hydrogen-bond donors (Lipinski definition) is 1. The molecule has 4 heteroatoms. The van der Waals surface area contributed by atoms with Crippen molar-refractivity contribution >= 4 is 15.9 Å². The van der Waals surface area contributed by atoms with Crippen LogP contribution in [0.3, 0.4) is 0 Å². The molecule has 2 N–H and O–H groups in total. The predicted molar refractivity (Wildman–Crippen MR) is 60.2 cm³/mol. The van der Waals surface area contributed by atoms with Crippen LogP contribution in [-0.2, 0) is 6.42 Å². The summed E-state index contributed by atoms with van der Waals surface area (Å²) in [6, 6.07) is 5.78. The summed E-state index contributed by atoms with van der Waals surface area (Å²) in [5.41, 5.74) is 6.75. The van der Waals surface area contributed by atoms with Crippen LogP contribution in [0.5, 0.6) is 11.5 Å². The quantitative estimate of drug-likeness (QED) is 0.664. The lowest BCUT2D eigenvalue weighted by molar-refractivity contribution is 0.354. The molecule has 0 saturated heterocycles. The van der Waals surface area contributed by atoms with Gasteiger partial charge in [-0.1, -0.05) is 22.0 Å². The van der Waals surface area contributed by atoms with Gasteiger partial charge in [-0.15, -0.1) is 0 Å². The summed E-state index contributed by atoms with van der Waals surface area (Å²) in [7, 11) is 3.24. The number of ether oxygens (including phenoxy) is 2. The lowest BCUT2D eigenvalue weighted by Gasteiger charge is -2.10. The number of alkyl halides is 1. The van der Waals surface area contributed by atoms with Crippen molar-refractivity contribution in [1.29, 1.82) is 0 Å². The monoisotopic (exact) mass is 259 g/mol. The molecule has 0 saturated carbocycles. The maximum atomic E-state index is 5.63. The Morgan fingerprint density at radius 2 is 1.93 bits per heavy atom. The van der Waals surface area contributed by atoms with E-state index in [1.54, 1.807) is 14.2 Å². The highest BCUT2D eigenvalue weighted by molar-refractivity contribution is 9.09. The predicted octanol–water partition coefficient (Wildman–Crippen LogP) is 1.93. The summed E-state index contributed by atoms with van der Waals surface area (Å²) >= 11 is 3.30. The zero-order chi connectivity index (χ0) is 10.6. The third kappa shape index (κ3) is 2.89. The van der Waals surface area contributed by atoms with Crippen LogP contribution in [0.25, 0.3) is 0 Å². The van der Waals surface area contributed by atoms with Crippen molar-refractivity contribution in [3.8, 4) is 11.5 Å². The molecule has 0 aliphatic heterocycles. The topological polar surface area (TPSA) is 44.5 Å². The van der Waals surface area contributed by atoms with Gasteiger partial charge in [0.05, 0.1) is 19.2 Å². The van der Waals surface area contributed by atoms with Crippen LogP contribution in [0.15, 0.2) is 18.2 Å². The minimum Gasteiger partial charge on any atom is -0.493 e. The molecule has 0 fully saturated rings. The second-order valence-corrected chi connectivity index (χ2v) is 4.09. The molecule has 3 nitrogen and oxygen atoms in total. The fourth-order valence-electron chi connectivity index (χ4n) is 1.23. The van der Waals surface area contributed by atoms with Gasteiger partial charge in [0.2, 0.25) is 0 Å². The van der Waals surface area contributed by atoms with Crippen molar-refractivity contribution in [1.82, 2.24) is 0 Å². The van der Waals surface area contributed by atoms with Crippen molar-refractivity contribution in [3.05, 3.63) is 23.8 Å². The summed E-state index contributed by atoms with van der Waals surface area (Å²) < 4.78 is 10.3. The largest absolute Gasteiger partial charge is 0.493 e. The number of halogens is 1. The van der Waals surface area contributed by atoms with Crippen LogP contribution in [0.4, 0.5) is 0 Å². The summed E-state index contributed by atoms with van der Waals surface area (Å²) in [6.45, 7) is 0. The standard InChI is InChI=1S/C10H14BrNO2/c1-13-8-4-3-7(6-10(11)12)5-9(8)14-2/h3-5,10H,6,12H2,1-2H3. The molecule has 1 rings (SSSR count). The second-order valence-electron chi connectivity index (χ2n) is 2.91. The van der Waals surface area contributed by atoms with Gasteiger partial charge in [-0.3, -0.25) is 0 Å². The Labute approximate surface area is 92.3 Å². The van der Waals surface area contributed by atoms with Crippen LogP contribution >= 0.6 is 15.9 Å². The Bertz CT molecular complexity index is 302.